The molecule has 0 radical (unpaired) electrons. The molecule has 0 spiro atoms. The summed E-state index contributed by atoms with van der Waals surface area (Å²) in [5.41, 5.74) is 0. The summed E-state index contributed by atoms with van der Waals surface area (Å²) in [5, 5.41) is 0. The molecule has 0 saturated carbocycles. The van der Waals surface area contributed by atoms with Crippen LogP contribution in [-0.4, -0.2) is 35.4 Å². The van der Waals surface area contributed by atoms with Crippen molar-refractivity contribution in [3.63, 3.8) is 0 Å². The number of carbonyl (C=O) groups excluding carboxylic acids is 1. The number of nitrogens with zero attached hydrogens (tertiary/aromatic N) is 1. The molecular weight excluding hydrogens is 243 g/mol. The van der Waals surface area contributed by atoms with Crippen LogP contribution in [0.25, 0.3) is 0 Å². The van der Waals surface area contributed by atoms with Gasteiger partial charge in [0.2, 0.25) is 5.91 Å². The lowest BCUT2D eigenvalue weighted by Crippen LogP contribution is -2.43. The van der Waals surface area contributed by atoms with E-state index in [0.29, 0.717) is 18.7 Å². The van der Waals surface area contributed by atoms with Crippen LogP contribution >= 0.6 is 11.6 Å². The Morgan fingerprint density at radius 2 is 1.88 bits per heavy atom. The highest BCUT2D eigenvalue weighted by atomic mass is 35.5. The molecule has 6 heteroatoms. The quantitative estimate of drug-likeness (QED) is 0.530. The number of hydrogen-bond acceptors (Lipinski definition) is 1. The number of carbonyl (C=O) groups is 1. The zero-order valence-electron chi connectivity index (χ0n) is 9.48. The monoisotopic (exact) mass is 259 g/mol. The average Bonchev–Trinajstić information content (AvgIpc) is 2.12. The summed E-state index contributed by atoms with van der Waals surface area (Å²) >= 11 is 5.43. The molecule has 0 fully saturated rings. The van der Waals surface area contributed by atoms with Gasteiger partial charge in [-0.1, -0.05) is 0 Å². The van der Waals surface area contributed by atoms with Crippen molar-refractivity contribution in [2.45, 2.75) is 45.3 Å². The van der Waals surface area contributed by atoms with E-state index in [9.17, 15) is 18.0 Å². The van der Waals surface area contributed by atoms with E-state index < -0.39 is 24.7 Å². The fourth-order valence-corrected chi connectivity index (χ4v) is 1.46. The lowest BCUT2D eigenvalue weighted by molar-refractivity contribution is -0.164. The zero-order chi connectivity index (χ0) is 12.8. The lowest BCUT2D eigenvalue weighted by atomic mass is 10.2. The highest BCUT2D eigenvalue weighted by Crippen LogP contribution is 2.19. The smallest absolute Gasteiger partial charge is 0.331 e. The van der Waals surface area contributed by atoms with Gasteiger partial charge in [0.15, 0.2) is 0 Å². The van der Waals surface area contributed by atoms with E-state index in [0.717, 1.165) is 4.90 Å². The molecule has 0 rings (SSSR count). The van der Waals surface area contributed by atoms with Crippen LogP contribution in [0.2, 0.25) is 0 Å². The molecule has 0 aliphatic heterocycles. The van der Waals surface area contributed by atoms with Crippen LogP contribution in [0.1, 0.15) is 33.1 Å². The number of amides is 1. The van der Waals surface area contributed by atoms with E-state index in [1.165, 1.54) is 0 Å². The molecule has 2 nitrogen and oxygen atoms in total. The second-order valence-electron chi connectivity index (χ2n) is 3.88. The molecule has 0 aliphatic carbocycles. The Labute approximate surface area is 98.7 Å². The average molecular weight is 260 g/mol. The molecule has 0 saturated heterocycles. The molecule has 16 heavy (non-hydrogen) atoms. The molecule has 0 heterocycles. The minimum Gasteiger partial charge on any atom is -0.331 e. The Bertz CT molecular complexity index is 219. The summed E-state index contributed by atoms with van der Waals surface area (Å²) in [6.45, 7) is 1.97. The van der Waals surface area contributed by atoms with Crippen LogP contribution in [0.5, 0.6) is 0 Å². The van der Waals surface area contributed by atoms with E-state index >= 15 is 0 Å². The third-order valence-electron chi connectivity index (χ3n) is 2.07. The first kappa shape index (κ1) is 15.6. The largest absolute Gasteiger partial charge is 0.406 e. The Balaban J connectivity index is 4.25. The fourth-order valence-electron chi connectivity index (χ4n) is 1.27. The highest BCUT2D eigenvalue weighted by Gasteiger charge is 2.33. The first-order valence-corrected chi connectivity index (χ1v) is 5.73. The Hall–Kier alpha value is -0.450. The maximum Gasteiger partial charge on any atom is 0.406 e. The predicted octanol–water partition coefficient (Wildman–Crippen LogP) is 3.19. The normalized spacial score (nSPS) is 11.9. The molecule has 1 amide bonds. The molecular formula is C10H17ClF3NO. The van der Waals surface area contributed by atoms with Crippen LogP contribution in [0, 0.1) is 0 Å². The van der Waals surface area contributed by atoms with Crippen LogP contribution in [0.4, 0.5) is 13.2 Å². The molecule has 96 valence electrons. The van der Waals surface area contributed by atoms with Gasteiger partial charge in [-0.25, -0.2) is 0 Å². The van der Waals surface area contributed by atoms with Crippen LogP contribution in [0.3, 0.4) is 0 Å². The number of rotatable bonds is 6. The highest BCUT2D eigenvalue weighted by molar-refractivity contribution is 6.17. The number of halogens is 4. The number of unbranched alkanes of at least 4 members (excludes halogenated alkanes) is 1. The van der Waals surface area contributed by atoms with E-state index in [2.05, 4.69) is 0 Å². The van der Waals surface area contributed by atoms with Gasteiger partial charge in [-0.3, -0.25) is 4.79 Å². The van der Waals surface area contributed by atoms with Gasteiger partial charge >= 0.3 is 6.18 Å². The number of hydrogen-bond donors (Lipinski definition) is 0. The second-order valence-corrected chi connectivity index (χ2v) is 4.25. The van der Waals surface area contributed by atoms with Crippen molar-refractivity contribution in [2.24, 2.45) is 0 Å². The van der Waals surface area contributed by atoms with Crippen molar-refractivity contribution in [2.75, 3.05) is 12.4 Å². The van der Waals surface area contributed by atoms with Crippen LogP contribution in [-0.2, 0) is 4.79 Å². The molecule has 0 unspecified atom stereocenters. The van der Waals surface area contributed by atoms with Crippen molar-refractivity contribution in [1.82, 2.24) is 4.90 Å². The third kappa shape index (κ3) is 6.93. The van der Waals surface area contributed by atoms with Crippen molar-refractivity contribution < 1.29 is 18.0 Å². The van der Waals surface area contributed by atoms with Gasteiger partial charge in [0.05, 0.1) is 0 Å². The van der Waals surface area contributed by atoms with Crippen molar-refractivity contribution in [3.8, 4) is 0 Å². The van der Waals surface area contributed by atoms with Gasteiger partial charge in [0.25, 0.3) is 0 Å². The van der Waals surface area contributed by atoms with Crippen LogP contribution in [0.15, 0.2) is 0 Å². The van der Waals surface area contributed by atoms with Gasteiger partial charge in [-0.15, -0.1) is 11.6 Å². The Morgan fingerprint density at radius 1 is 1.31 bits per heavy atom. The van der Waals surface area contributed by atoms with Gasteiger partial charge in [-0.2, -0.15) is 13.2 Å². The van der Waals surface area contributed by atoms with E-state index in [1.807, 2.05) is 0 Å². The maximum absolute atomic E-state index is 12.2. The molecule has 0 aromatic rings. The van der Waals surface area contributed by atoms with Gasteiger partial charge in [-0.05, 0) is 26.7 Å². The van der Waals surface area contributed by atoms with Gasteiger partial charge < -0.3 is 4.90 Å². The lowest BCUT2D eigenvalue weighted by Gasteiger charge is -2.27. The Kier molecular flexibility index (Phi) is 6.79. The topological polar surface area (TPSA) is 20.3 Å². The summed E-state index contributed by atoms with van der Waals surface area (Å²) in [4.78, 5) is 12.4. The molecule has 0 aromatic carbocycles. The molecule has 0 aliphatic rings. The zero-order valence-corrected chi connectivity index (χ0v) is 10.2. The third-order valence-corrected chi connectivity index (χ3v) is 2.33. The van der Waals surface area contributed by atoms with E-state index in [-0.39, 0.29) is 6.42 Å². The first-order valence-electron chi connectivity index (χ1n) is 5.20. The molecule has 0 N–H and O–H groups in total. The summed E-state index contributed by atoms with van der Waals surface area (Å²) in [5.74, 6) is -0.0359. The standard InChI is InChI=1S/C10H17ClF3NO/c1-8(2)15(7-10(12,13)14)9(16)5-3-4-6-11/h8H,3-7H2,1-2H3. The molecule has 0 bridgehead atoms. The maximum atomic E-state index is 12.2. The summed E-state index contributed by atoms with van der Waals surface area (Å²) in [6.07, 6.45) is -3.04. The van der Waals surface area contributed by atoms with Gasteiger partial charge in [0, 0.05) is 18.3 Å². The van der Waals surface area contributed by atoms with Crippen molar-refractivity contribution >= 4 is 17.5 Å². The molecule has 0 atom stereocenters. The fraction of sp³-hybridized carbons (Fsp3) is 0.900. The van der Waals surface area contributed by atoms with Gasteiger partial charge in [0.1, 0.15) is 6.54 Å². The predicted molar refractivity (Wildman–Crippen MR) is 57.5 cm³/mol. The van der Waals surface area contributed by atoms with E-state index in [4.69, 9.17) is 11.6 Å². The van der Waals surface area contributed by atoms with Crippen LogP contribution < -0.4 is 0 Å². The van der Waals surface area contributed by atoms with E-state index in [1.54, 1.807) is 13.8 Å². The van der Waals surface area contributed by atoms with Crippen molar-refractivity contribution in [1.29, 1.82) is 0 Å². The van der Waals surface area contributed by atoms with Crippen molar-refractivity contribution in [3.05, 3.63) is 0 Å². The summed E-state index contributed by atoms with van der Waals surface area (Å²) in [7, 11) is 0. The summed E-state index contributed by atoms with van der Waals surface area (Å²) < 4.78 is 36.6. The molecule has 0 aromatic heterocycles. The number of alkyl halides is 4. The minimum absolute atomic E-state index is 0.126. The SMILES string of the molecule is CC(C)N(CC(F)(F)F)C(=O)CCCCCl. The summed E-state index contributed by atoms with van der Waals surface area (Å²) in [6, 6.07) is -0.440. The second kappa shape index (κ2) is 6.99. The minimum atomic E-state index is -4.34. The first-order chi connectivity index (χ1) is 7.28. The Morgan fingerprint density at radius 3 is 2.25 bits per heavy atom.